The van der Waals surface area contributed by atoms with Gasteiger partial charge in [-0.1, -0.05) is 18.2 Å². The van der Waals surface area contributed by atoms with Crippen LogP contribution in [0.2, 0.25) is 0 Å². The van der Waals surface area contributed by atoms with Crippen molar-refractivity contribution in [2.75, 3.05) is 0 Å². The maximum absolute atomic E-state index is 9.28. The van der Waals surface area contributed by atoms with Crippen LogP contribution < -0.4 is 0 Å². The van der Waals surface area contributed by atoms with E-state index in [9.17, 15) is 10.2 Å². The average Bonchev–Trinajstić information content (AvgIpc) is 2.48. The zero-order valence-corrected chi connectivity index (χ0v) is 12.2. The lowest BCUT2D eigenvalue weighted by Gasteiger charge is -2.02. The average molecular weight is 283 g/mol. The maximum Gasteiger partial charge on any atom is 0.115 e. The van der Waals surface area contributed by atoms with Crippen molar-refractivity contribution in [3.63, 3.8) is 0 Å². The van der Waals surface area contributed by atoms with Gasteiger partial charge in [-0.25, -0.2) is 0 Å². The number of benzene rings is 1. The summed E-state index contributed by atoms with van der Waals surface area (Å²) in [6, 6.07) is 11.0. The molecule has 0 radical (unpaired) electrons. The molecular weight excluding hydrogens is 262 g/mol. The first-order valence-electron chi connectivity index (χ1n) is 7.25. The standard InChI is InChI=1S/C18H21NO2/c1-14(20)5-3-2-4-6-15-7-12-18(19-13-15)16-8-10-17(21)11-9-16/h4,6-14,20-21H,2-3,5H2,1H3/b6-4+. The Morgan fingerprint density at radius 3 is 2.52 bits per heavy atom. The predicted molar refractivity (Wildman–Crippen MR) is 85.9 cm³/mol. The number of phenolic OH excluding ortho intramolecular Hbond substituents is 1. The lowest BCUT2D eigenvalue weighted by molar-refractivity contribution is 0.182. The Labute approximate surface area is 125 Å². The fraction of sp³-hybridized carbons (Fsp3) is 0.278. The minimum atomic E-state index is -0.218. The zero-order valence-electron chi connectivity index (χ0n) is 12.2. The van der Waals surface area contributed by atoms with Gasteiger partial charge in [0.25, 0.3) is 0 Å². The summed E-state index contributed by atoms with van der Waals surface area (Å²) in [7, 11) is 0. The summed E-state index contributed by atoms with van der Waals surface area (Å²) >= 11 is 0. The number of nitrogens with zero attached hydrogens (tertiary/aromatic N) is 1. The van der Waals surface area contributed by atoms with Crippen molar-refractivity contribution < 1.29 is 10.2 Å². The number of aromatic hydroxyl groups is 1. The fourth-order valence-corrected chi connectivity index (χ4v) is 2.06. The molecule has 21 heavy (non-hydrogen) atoms. The van der Waals surface area contributed by atoms with Crippen LogP contribution in [0.1, 0.15) is 31.7 Å². The van der Waals surface area contributed by atoms with Crippen molar-refractivity contribution in [1.82, 2.24) is 4.98 Å². The normalized spacial score (nSPS) is 12.7. The third kappa shape index (κ3) is 5.04. The molecule has 0 amide bonds. The van der Waals surface area contributed by atoms with Gasteiger partial charge in [0.2, 0.25) is 0 Å². The monoisotopic (exact) mass is 283 g/mol. The van der Waals surface area contributed by atoms with Gasteiger partial charge in [-0.05, 0) is 62.1 Å². The van der Waals surface area contributed by atoms with Crippen LogP contribution >= 0.6 is 0 Å². The predicted octanol–water partition coefficient (Wildman–Crippen LogP) is 4.02. The highest BCUT2D eigenvalue weighted by molar-refractivity contribution is 5.61. The van der Waals surface area contributed by atoms with Crippen LogP contribution in [0, 0.1) is 0 Å². The summed E-state index contributed by atoms with van der Waals surface area (Å²) in [4.78, 5) is 4.43. The summed E-state index contributed by atoms with van der Waals surface area (Å²) in [5.74, 6) is 0.260. The van der Waals surface area contributed by atoms with Gasteiger partial charge in [0.15, 0.2) is 0 Å². The molecule has 0 fully saturated rings. The molecule has 1 heterocycles. The SMILES string of the molecule is CC(O)CCC/C=C/c1ccc(-c2ccc(O)cc2)nc1. The number of pyridine rings is 1. The third-order valence-corrected chi connectivity index (χ3v) is 3.25. The van der Waals surface area contributed by atoms with E-state index in [0.29, 0.717) is 0 Å². The smallest absolute Gasteiger partial charge is 0.115 e. The van der Waals surface area contributed by atoms with Gasteiger partial charge in [0, 0.05) is 11.8 Å². The summed E-state index contributed by atoms with van der Waals surface area (Å²) in [6.45, 7) is 1.82. The van der Waals surface area contributed by atoms with E-state index in [1.54, 1.807) is 12.1 Å². The number of hydrogen-bond donors (Lipinski definition) is 2. The van der Waals surface area contributed by atoms with Crippen molar-refractivity contribution in [2.45, 2.75) is 32.3 Å². The molecule has 1 aromatic carbocycles. The molecule has 2 N–H and O–H groups in total. The summed E-state index contributed by atoms with van der Waals surface area (Å²) in [6.07, 6.45) is 8.58. The van der Waals surface area contributed by atoms with E-state index in [1.165, 1.54) is 0 Å². The van der Waals surface area contributed by atoms with Gasteiger partial charge in [0.1, 0.15) is 5.75 Å². The molecule has 0 aliphatic rings. The van der Waals surface area contributed by atoms with E-state index >= 15 is 0 Å². The molecule has 2 rings (SSSR count). The van der Waals surface area contributed by atoms with Crippen molar-refractivity contribution in [3.8, 4) is 17.0 Å². The Morgan fingerprint density at radius 1 is 1.14 bits per heavy atom. The summed E-state index contributed by atoms with van der Waals surface area (Å²) in [5, 5.41) is 18.5. The quantitative estimate of drug-likeness (QED) is 0.787. The second-order valence-electron chi connectivity index (χ2n) is 5.21. The van der Waals surface area contributed by atoms with Crippen molar-refractivity contribution in [3.05, 3.63) is 54.2 Å². The summed E-state index contributed by atoms with van der Waals surface area (Å²) in [5.41, 5.74) is 2.94. The van der Waals surface area contributed by atoms with Gasteiger partial charge >= 0.3 is 0 Å². The van der Waals surface area contributed by atoms with Gasteiger partial charge < -0.3 is 10.2 Å². The van der Waals surface area contributed by atoms with E-state index in [2.05, 4.69) is 17.1 Å². The first kappa shape index (κ1) is 15.3. The van der Waals surface area contributed by atoms with Gasteiger partial charge in [-0.3, -0.25) is 4.98 Å². The molecule has 1 atom stereocenters. The Hall–Kier alpha value is -2.13. The minimum absolute atomic E-state index is 0.218. The molecule has 3 nitrogen and oxygen atoms in total. The Bertz CT molecular complexity index is 571. The van der Waals surface area contributed by atoms with Gasteiger partial charge in [-0.15, -0.1) is 0 Å². The molecule has 0 spiro atoms. The Morgan fingerprint density at radius 2 is 1.90 bits per heavy atom. The van der Waals surface area contributed by atoms with Crippen LogP contribution in [0.4, 0.5) is 0 Å². The molecule has 0 saturated carbocycles. The Balaban J connectivity index is 1.92. The van der Waals surface area contributed by atoms with Crippen molar-refractivity contribution in [2.24, 2.45) is 0 Å². The second kappa shape index (κ2) is 7.60. The number of aliphatic hydroxyl groups is 1. The van der Waals surface area contributed by atoms with E-state index in [-0.39, 0.29) is 11.9 Å². The number of aromatic nitrogens is 1. The van der Waals surface area contributed by atoms with Crippen LogP contribution in [0.3, 0.4) is 0 Å². The fourth-order valence-electron chi connectivity index (χ4n) is 2.06. The highest BCUT2D eigenvalue weighted by Gasteiger charge is 1.99. The van der Waals surface area contributed by atoms with Crippen LogP contribution in [0.5, 0.6) is 5.75 Å². The number of rotatable bonds is 6. The molecule has 2 aromatic rings. The van der Waals surface area contributed by atoms with Gasteiger partial charge in [0.05, 0.1) is 11.8 Å². The first-order valence-corrected chi connectivity index (χ1v) is 7.25. The number of aliphatic hydroxyl groups excluding tert-OH is 1. The number of allylic oxidation sites excluding steroid dienone is 1. The van der Waals surface area contributed by atoms with E-state index in [1.807, 2.05) is 37.4 Å². The topological polar surface area (TPSA) is 53.4 Å². The molecule has 0 saturated heterocycles. The van der Waals surface area contributed by atoms with E-state index in [0.717, 1.165) is 36.1 Å². The highest BCUT2D eigenvalue weighted by atomic mass is 16.3. The lowest BCUT2D eigenvalue weighted by atomic mass is 10.1. The van der Waals surface area contributed by atoms with Crippen molar-refractivity contribution in [1.29, 1.82) is 0 Å². The van der Waals surface area contributed by atoms with Crippen molar-refractivity contribution >= 4 is 6.08 Å². The molecule has 0 aliphatic heterocycles. The second-order valence-corrected chi connectivity index (χ2v) is 5.21. The minimum Gasteiger partial charge on any atom is -0.508 e. The molecule has 110 valence electrons. The first-order chi connectivity index (χ1) is 10.1. The maximum atomic E-state index is 9.28. The molecule has 0 bridgehead atoms. The van der Waals surface area contributed by atoms with E-state index in [4.69, 9.17) is 0 Å². The Kier molecular flexibility index (Phi) is 5.52. The largest absolute Gasteiger partial charge is 0.508 e. The highest BCUT2D eigenvalue weighted by Crippen LogP contribution is 2.20. The molecule has 0 aliphatic carbocycles. The summed E-state index contributed by atoms with van der Waals surface area (Å²) < 4.78 is 0. The van der Waals surface area contributed by atoms with Gasteiger partial charge in [-0.2, -0.15) is 0 Å². The molecular formula is C18H21NO2. The number of phenols is 1. The molecule has 1 unspecified atom stereocenters. The molecule has 3 heteroatoms. The number of unbranched alkanes of at least 4 members (excludes halogenated alkanes) is 1. The lowest BCUT2D eigenvalue weighted by Crippen LogP contribution is -1.97. The van der Waals surface area contributed by atoms with Crippen LogP contribution in [-0.2, 0) is 0 Å². The van der Waals surface area contributed by atoms with Crippen LogP contribution in [-0.4, -0.2) is 21.3 Å². The van der Waals surface area contributed by atoms with E-state index < -0.39 is 0 Å². The third-order valence-electron chi connectivity index (χ3n) is 3.25. The number of hydrogen-bond acceptors (Lipinski definition) is 3. The molecule has 1 aromatic heterocycles. The van der Waals surface area contributed by atoms with Crippen LogP contribution in [0.25, 0.3) is 17.3 Å². The zero-order chi connectivity index (χ0) is 15.1. The van der Waals surface area contributed by atoms with Crippen LogP contribution in [0.15, 0.2) is 48.7 Å².